The number of benzene rings is 3. The van der Waals surface area contributed by atoms with Gasteiger partial charge in [-0.3, -0.25) is 9.10 Å². The lowest BCUT2D eigenvalue weighted by molar-refractivity contribution is -0.140. The van der Waals surface area contributed by atoms with E-state index in [4.69, 9.17) is 5.11 Å². The molecule has 0 spiro atoms. The van der Waals surface area contributed by atoms with Crippen LogP contribution in [0, 0.1) is 5.82 Å². The standard InChI is InChI=1S/C25H17F4NO5S2/c1-14(31)22-18-4-2-3-5-21(18)36-23(22)30(13-15-6-11-20(26)19(12-15)25(27,28)29)37(34,35)17-9-7-16(8-10-17)24(32)33/h2-12H,13H2,1H3,(H,32,33). The minimum absolute atomic E-state index is 0.0334. The summed E-state index contributed by atoms with van der Waals surface area (Å²) in [7, 11) is -4.53. The summed E-state index contributed by atoms with van der Waals surface area (Å²) in [6.45, 7) is 0.587. The number of carbonyl (C=O) groups excluding carboxylic acids is 1. The number of carbonyl (C=O) groups is 2. The molecule has 1 N–H and O–H groups in total. The molecule has 1 heterocycles. The number of halogens is 4. The smallest absolute Gasteiger partial charge is 0.419 e. The minimum Gasteiger partial charge on any atom is -0.478 e. The van der Waals surface area contributed by atoms with Crippen molar-refractivity contribution in [3.63, 3.8) is 0 Å². The van der Waals surface area contributed by atoms with Crippen LogP contribution in [0.3, 0.4) is 0 Å². The highest BCUT2D eigenvalue weighted by Crippen LogP contribution is 2.42. The second-order valence-corrected chi connectivity index (χ2v) is 10.9. The Labute approximate surface area is 212 Å². The largest absolute Gasteiger partial charge is 0.478 e. The lowest BCUT2D eigenvalue weighted by Crippen LogP contribution is -2.31. The molecular weight excluding hydrogens is 534 g/mol. The monoisotopic (exact) mass is 551 g/mol. The molecule has 0 aliphatic heterocycles. The van der Waals surface area contributed by atoms with E-state index in [-0.39, 0.29) is 26.6 Å². The summed E-state index contributed by atoms with van der Waals surface area (Å²) < 4.78 is 82.9. The third kappa shape index (κ3) is 5.07. The Hall–Kier alpha value is -3.77. The van der Waals surface area contributed by atoms with Crippen molar-refractivity contribution in [3.05, 3.63) is 94.8 Å². The van der Waals surface area contributed by atoms with Gasteiger partial charge < -0.3 is 5.11 Å². The zero-order valence-corrected chi connectivity index (χ0v) is 20.5. The van der Waals surface area contributed by atoms with Crippen LogP contribution in [-0.4, -0.2) is 25.3 Å². The number of ketones is 1. The molecular formula is C25H17F4NO5S2. The summed E-state index contributed by atoms with van der Waals surface area (Å²) in [5.41, 5.74) is -1.85. The number of fused-ring (bicyclic) bond motifs is 1. The van der Waals surface area contributed by atoms with Crippen LogP contribution in [0.4, 0.5) is 22.6 Å². The topological polar surface area (TPSA) is 91.8 Å². The SMILES string of the molecule is CC(=O)c1c(N(Cc2ccc(F)c(C(F)(F)F)c2)S(=O)(=O)c2ccc(C(=O)O)cc2)sc2ccccc12. The van der Waals surface area contributed by atoms with Gasteiger partial charge >= 0.3 is 12.1 Å². The molecule has 4 aromatic rings. The lowest BCUT2D eigenvalue weighted by atomic mass is 10.1. The van der Waals surface area contributed by atoms with Gasteiger partial charge in [-0.1, -0.05) is 24.3 Å². The minimum atomic E-state index is -5.02. The molecule has 0 aliphatic carbocycles. The Bertz CT molecular complexity index is 1630. The molecule has 37 heavy (non-hydrogen) atoms. The predicted molar refractivity (Wildman–Crippen MR) is 130 cm³/mol. The number of rotatable bonds is 7. The van der Waals surface area contributed by atoms with Gasteiger partial charge in [-0.2, -0.15) is 13.2 Å². The number of anilines is 1. The third-order valence-electron chi connectivity index (χ3n) is 5.51. The van der Waals surface area contributed by atoms with Crippen LogP contribution in [0.15, 0.2) is 71.6 Å². The summed E-state index contributed by atoms with van der Waals surface area (Å²) in [6, 6.07) is 13.0. The maximum atomic E-state index is 13.9. The maximum Gasteiger partial charge on any atom is 0.419 e. The summed E-state index contributed by atoms with van der Waals surface area (Å²) >= 11 is 0.958. The quantitative estimate of drug-likeness (QED) is 0.213. The number of carboxylic acid groups (broad SMARTS) is 1. The summed E-state index contributed by atoms with van der Waals surface area (Å²) in [6.07, 6.45) is -5.02. The number of alkyl halides is 3. The molecule has 0 radical (unpaired) electrons. The van der Waals surface area contributed by atoms with Gasteiger partial charge in [-0.15, -0.1) is 11.3 Å². The maximum absolute atomic E-state index is 13.9. The molecule has 192 valence electrons. The van der Waals surface area contributed by atoms with Gasteiger partial charge in [0.25, 0.3) is 10.0 Å². The number of nitrogens with zero attached hydrogens (tertiary/aromatic N) is 1. The molecule has 0 unspecified atom stereocenters. The molecule has 6 nitrogen and oxygen atoms in total. The van der Waals surface area contributed by atoms with E-state index in [1.54, 1.807) is 24.3 Å². The predicted octanol–water partition coefficient (Wildman–Crippen LogP) is 6.36. The molecule has 0 fully saturated rings. The fourth-order valence-electron chi connectivity index (χ4n) is 3.76. The van der Waals surface area contributed by atoms with Gasteiger partial charge in [0, 0.05) is 10.1 Å². The van der Waals surface area contributed by atoms with E-state index in [1.807, 2.05) is 0 Å². The van der Waals surface area contributed by atoms with Crippen molar-refractivity contribution in [2.24, 2.45) is 0 Å². The van der Waals surface area contributed by atoms with Crippen molar-refractivity contribution < 1.29 is 40.7 Å². The average Bonchev–Trinajstić information content (AvgIpc) is 3.22. The molecule has 1 aromatic heterocycles. The van der Waals surface area contributed by atoms with Crippen molar-refractivity contribution in [1.29, 1.82) is 0 Å². The van der Waals surface area contributed by atoms with Crippen LogP contribution in [-0.2, 0) is 22.7 Å². The van der Waals surface area contributed by atoms with Crippen LogP contribution in [0.25, 0.3) is 10.1 Å². The Morgan fingerprint density at radius 1 is 1.00 bits per heavy atom. The normalized spacial score (nSPS) is 12.0. The third-order valence-corrected chi connectivity index (χ3v) is 8.58. The van der Waals surface area contributed by atoms with Gasteiger partial charge in [0.15, 0.2) is 5.78 Å². The molecule has 12 heteroatoms. The fourth-order valence-corrected chi connectivity index (χ4v) is 6.69. The van der Waals surface area contributed by atoms with Crippen molar-refractivity contribution in [2.75, 3.05) is 4.31 Å². The van der Waals surface area contributed by atoms with Gasteiger partial charge in [-0.25, -0.2) is 17.6 Å². The molecule has 0 atom stereocenters. The Morgan fingerprint density at radius 2 is 1.65 bits per heavy atom. The summed E-state index contributed by atoms with van der Waals surface area (Å²) in [5.74, 6) is -3.26. The van der Waals surface area contributed by atoms with Crippen molar-refractivity contribution in [2.45, 2.75) is 24.5 Å². The van der Waals surface area contributed by atoms with Crippen LogP contribution < -0.4 is 4.31 Å². The number of hydrogen-bond acceptors (Lipinski definition) is 5. The van der Waals surface area contributed by atoms with Crippen molar-refractivity contribution in [1.82, 2.24) is 0 Å². The number of aromatic carboxylic acids is 1. The molecule has 0 amide bonds. The number of sulfonamides is 1. The van der Waals surface area contributed by atoms with E-state index in [1.165, 1.54) is 6.92 Å². The molecule has 0 aliphatic rings. The highest BCUT2D eigenvalue weighted by Gasteiger charge is 2.36. The Kier molecular flexibility index (Phi) is 6.82. The summed E-state index contributed by atoms with van der Waals surface area (Å²) in [5, 5.41) is 9.57. The van der Waals surface area contributed by atoms with Crippen molar-refractivity contribution >= 4 is 48.2 Å². The Morgan fingerprint density at radius 3 is 2.24 bits per heavy atom. The van der Waals surface area contributed by atoms with Gasteiger partial charge in [0.2, 0.25) is 0 Å². The first-order valence-corrected chi connectivity index (χ1v) is 12.8. The van der Waals surface area contributed by atoms with Crippen LogP contribution in [0.5, 0.6) is 0 Å². The molecule has 0 saturated carbocycles. The zero-order valence-electron chi connectivity index (χ0n) is 18.9. The van der Waals surface area contributed by atoms with Gasteiger partial charge in [0.1, 0.15) is 10.8 Å². The molecule has 0 bridgehead atoms. The first-order chi connectivity index (χ1) is 17.3. The molecule has 3 aromatic carbocycles. The van der Waals surface area contributed by atoms with Crippen LogP contribution >= 0.6 is 11.3 Å². The summed E-state index contributed by atoms with van der Waals surface area (Å²) in [4.78, 5) is 23.5. The van der Waals surface area contributed by atoms with Gasteiger partial charge in [0.05, 0.1) is 28.1 Å². The van der Waals surface area contributed by atoms with Gasteiger partial charge in [-0.05, 0) is 55.0 Å². The lowest BCUT2D eigenvalue weighted by Gasteiger charge is -2.25. The first kappa shape index (κ1) is 26.3. The van der Waals surface area contributed by atoms with Crippen LogP contribution in [0.2, 0.25) is 0 Å². The molecule has 0 saturated heterocycles. The number of Topliss-reactive ketones (excluding diaryl/α,β-unsaturated/α-hetero) is 1. The van der Waals surface area contributed by atoms with E-state index in [2.05, 4.69) is 0 Å². The zero-order chi connectivity index (χ0) is 27.1. The number of hydrogen-bond donors (Lipinski definition) is 1. The molecule has 4 rings (SSSR count). The van der Waals surface area contributed by atoms with E-state index in [0.717, 1.165) is 46.0 Å². The Balaban J connectivity index is 1.94. The second kappa shape index (κ2) is 9.60. The van der Waals surface area contributed by atoms with Crippen molar-refractivity contribution in [3.8, 4) is 0 Å². The number of thiophene rings is 1. The number of carboxylic acids is 1. The van der Waals surface area contributed by atoms with Crippen LogP contribution in [0.1, 0.15) is 38.8 Å². The first-order valence-electron chi connectivity index (χ1n) is 10.5. The van der Waals surface area contributed by atoms with E-state index in [9.17, 15) is 35.6 Å². The van der Waals surface area contributed by atoms with E-state index in [0.29, 0.717) is 22.2 Å². The van der Waals surface area contributed by atoms with E-state index < -0.39 is 45.9 Å². The van der Waals surface area contributed by atoms with E-state index >= 15 is 0 Å². The highest BCUT2D eigenvalue weighted by atomic mass is 32.2. The highest BCUT2D eigenvalue weighted by molar-refractivity contribution is 7.93. The average molecular weight is 552 g/mol. The fraction of sp³-hybridized carbons (Fsp3) is 0.120. The second-order valence-electron chi connectivity index (χ2n) is 7.99.